The largest absolute Gasteiger partial charge is 0.478 e. The summed E-state index contributed by atoms with van der Waals surface area (Å²) in [7, 11) is 3.31. The Bertz CT molecular complexity index is 833. The van der Waals surface area contributed by atoms with Crippen molar-refractivity contribution >= 4 is 23.6 Å². The second kappa shape index (κ2) is 9.38. The highest BCUT2D eigenvalue weighted by atomic mass is 16.4. The van der Waals surface area contributed by atoms with Crippen LogP contribution in [0.5, 0.6) is 0 Å². The Hall–Kier alpha value is -3.35. The lowest BCUT2D eigenvalue weighted by atomic mass is 10.0. The molecule has 0 unspecified atom stereocenters. The van der Waals surface area contributed by atoms with Crippen LogP contribution in [0.15, 0.2) is 48.5 Å². The van der Waals surface area contributed by atoms with E-state index < -0.39 is 5.97 Å². The molecular formula is C20H23N3O4. The number of nitrogens with one attached hydrogen (secondary N) is 2. The van der Waals surface area contributed by atoms with Crippen LogP contribution in [0.4, 0.5) is 10.5 Å². The Kier molecular flexibility index (Phi) is 6.93. The van der Waals surface area contributed by atoms with Gasteiger partial charge in [-0.2, -0.15) is 0 Å². The molecule has 0 aliphatic carbocycles. The Morgan fingerprint density at radius 2 is 1.78 bits per heavy atom. The minimum Gasteiger partial charge on any atom is -0.478 e. The van der Waals surface area contributed by atoms with Crippen molar-refractivity contribution < 1.29 is 19.5 Å². The van der Waals surface area contributed by atoms with Crippen molar-refractivity contribution in [1.29, 1.82) is 0 Å². The van der Waals surface area contributed by atoms with Crippen LogP contribution in [0.2, 0.25) is 0 Å². The Morgan fingerprint density at radius 1 is 1.04 bits per heavy atom. The number of rotatable bonds is 7. The number of benzene rings is 2. The lowest BCUT2D eigenvalue weighted by molar-refractivity contribution is -0.121. The molecule has 3 N–H and O–H groups in total. The number of nitrogens with zero attached hydrogens (tertiary/aromatic N) is 1. The van der Waals surface area contributed by atoms with Crippen LogP contribution >= 0.6 is 0 Å². The van der Waals surface area contributed by atoms with E-state index in [0.717, 1.165) is 5.56 Å². The maximum Gasteiger partial charge on any atom is 0.335 e. The maximum atomic E-state index is 12.1. The lowest BCUT2D eigenvalue weighted by Gasteiger charge is -2.13. The summed E-state index contributed by atoms with van der Waals surface area (Å²) in [6.45, 7) is 0.324. The smallest absolute Gasteiger partial charge is 0.335 e. The predicted molar refractivity (Wildman–Crippen MR) is 103 cm³/mol. The fourth-order valence-electron chi connectivity index (χ4n) is 2.48. The molecule has 3 amide bonds. The van der Waals surface area contributed by atoms with Gasteiger partial charge >= 0.3 is 12.0 Å². The summed E-state index contributed by atoms with van der Waals surface area (Å²) in [4.78, 5) is 36.4. The standard InChI is InChI=1S/C20H23N3O4/c1-23(2)20(27)22-16-8-5-6-14(12-16)13-21-18(24)11-10-15-7-3-4-9-17(15)19(25)26/h3-9,12H,10-11,13H2,1-2H3,(H,21,24)(H,22,27)(H,25,26). The summed E-state index contributed by atoms with van der Waals surface area (Å²) in [6.07, 6.45) is 0.550. The number of hydrogen-bond acceptors (Lipinski definition) is 3. The summed E-state index contributed by atoms with van der Waals surface area (Å²) < 4.78 is 0. The van der Waals surface area contributed by atoms with E-state index >= 15 is 0 Å². The fraction of sp³-hybridized carbons (Fsp3) is 0.250. The number of amides is 3. The molecule has 0 fully saturated rings. The summed E-state index contributed by atoms with van der Waals surface area (Å²) in [5.74, 6) is -1.17. The number of carboxylic acids is 1. The van der Waals surface area contributed by atoms with Gasteiger partial charge in [-0.25, -0.2) is 9.59 Å². The molecule has 0 heterocycles. The Balaban J connectivity index is 1.87. The first kappa shape index (κ1) is 20.0. The molecule has 0 bridgehead atoms. The van der Waals surface area contributed by atoms with E-state index in [2.05, 4.69) is 10.6 Å². The van der Waals surface area contributed by atoms with Crippen LogP contribution in [0, 0.1) is 0 Å². The van der Waals surface area contributed by atoms with Gasteiger partial charge in [0.25, 0.3) is 0 Å². The van der Waals surface area contributed by atoms with Crippen molar-refractivity contribution in [3.8, 4) is 0 Å². The molecule has 2 aromatic carbocycles. The van der Waals surface area contributed by atoms with Crippen molar-refractivity contribution in [2.75, 3.05) is 19.4 Å². The van der Waals surface area contributed by atoms with E-state index in [1.165, 1.54) is 11.0 Å². The van der Waals surface area contributed by atoms with E-state index in [4.69, 9.17) is 0 Å². The molecule has 2 rings (SSSR count). The number of hydrogen-bond donors (Lipinski definition) is 3. The van der Waals surface area contributed by atoms with Crippen LogP contribution in [-0.2, 0) is 17.8 Å². The van der Waals surface area contributed by atoms with Gasteiger partial charge in [-0.15, -0.1) is 0 Å². The van der Waals surface area contributed by atoms with Gasteiger partial charge in [0.15, 0.2) is 0 Å². The third-order valence-electron chi connectivity index (χ3n) is 3.94. The Morgan fingerprint density at radius 3 is 2.48 bits per heavy atom. The van der Waals surface area contributed by atoms with Gasteiger partial charge in [0.1, 0.15) is 0 Å². The van der Waals surface area contributed by atoms with Gasteiger partial charge in [-0.3, -0.25) is 4.79 Å². The molecule has 142 valence electrons. The van der Waals surface area contributed by atoms with E-state index in [1.54, 1.807) is 50.5 Å². The first-order valence-corrected chi connectivity index (χ1v) is 8.52. The molecule has 0 saturated carbocycles. The summed E-state index contributed by atoms with van der Waals surface area (Å²) in [5, 5.41) is 14.7. The van der Waals surface area contributed by atoms with Crippen LogP contribution in [0.1, 0.15) is 27.9 Å². The molecule has 0 aromatic heterocycles. The van der Waals surface area contributed by atoms with Gasteiger partial charge in [-0.05, 0) is 35.7 Å². The first-order chi connectivity index (χ1) is 12.9. The molecule has 2 aromatic rings. The van der Waals surface area contributed by atoms with Crippen molar-refractivity contribution in [1.82, 2.24) is 10.2 Å². The number of urea groups is 1. The van der Waals surface area contributed by atoms with Crippen LogP contribution in [-0.4, -0.2) is 42.0 Å². The zero-order chi connectivity index (χ0) is 19.8. The molecule has 27 heavy (non-hydrogen) atoms. The normalized spacial score (nSPS) is 10.1. The first-order valence-electron chi connectivity index (χ1n) is 8.52. The molecule has 0 spiro atoms. The Labute approximate surface area is 158 Å². The van der Waals surface area contributed by atoms with Gasteiger partial charge < -0.3 is 20.6 Å². The second-order valence-corrected chi connectivity index (χ2v) is 6.26. The van der Waals surface area contributed by atoms with Crippen molar-refractivity contribution in [2.45, 2.75) is 19.4 Å². The van der Waals surface area contributed by atoms with Crippen LogP contribution < -0.4 is 10.6 Å². The number of anilines is 1. The summed E-state index contributed by atoms with van der Waals surface area (Å²) in [6, 6.07) is 13.7. The van der Waals surface area contributed by atoms with E-state index in [9.17, 15) is 19.5 Å². The molecule has 0 aliphatic heterocycles. The third-order valence-corrected chi connectivity index (χ3v) is 3.94. The van der Waals surface area contributed by atoms with Gasteiger partial charge in [0.05, 0.1) is 5.56 Å². The molecule has 7 heteroatoms. The number of carbonyl (C=O) groups is 3. The van der Waals surface area contributed by atoms with Gasteiger partial charge in [-0.1, -0.05) is 30.3 Å². The van der Waals surface area contributed by atoms with Crippen molar-refractivity contribution in [3.63, 3.8) is 0 Å². The SMILES string of the molecule is CN(C)C(=O)Nc1cccc(CNC(=O)CCc2ccccc2C(=O)O)c1. The zero-order valence-electron chi connectivity index (χ0n) is 15.4. The number of aryl methyl sites for hydroxylation is 1. The molecule has 0 saturated heterocycles. The average molecular weight is 369 g/mol. The van der Waals surface area contributed by atoms with E-state index in [1.807, 2.05) is 6.07 Å². The van der Waals surface area contributed by atoms with Gasteiger partial charge in [0.2, 0.25) is 5.91 Å². The van der Waals surface area contributed by atoms with Crippen LogP contribution in [0.25, 0.3) is 0 Å². The van der Waals surface area contributed by atoms with E-state index in [0.29, 0.717) is 24.2 Å². The molecule has 0 radical (unpaired) electrons. The number of carboxylic acid groups (broad SMARTS) is 1. The molecule has 0 aliphatic rings. The molecular weight excluding hydrogens is 346 g/mol. The molecule has 0 atom stereocenters. The lowest BCUT2D eigenvalue weighted by Crippen LogP contribution is -2.27. The second-order valence-electron chi connectivity index (χ2n) is 6.26. The zero-order valence-corrected chi connectivity index (χ0v) is 15.4. The van der Waals surface area contributed by atoms with Crippen molar-refractivity contribution in [3.05, 3.63) is 65.2 Å². The number of aromatic carboxylic acids is 1. The van der Waals surface area contributed by atoms with E-state index in [-0.39, 0.29) is 23.9 Å². The summed E-state index contributed by atoms with van der Waals surface area (Å²) in [5.41, 5.74) is 2.35. The molecule has 7 nitrogen and oxygen atoms in total. The minimum atomic E-state index is -0.998. The quantitative estimate of drug-likeness (QED) is 0.699. The monoisotopic (exact) mass is 369 g/mol. The minimum absolute atomic E-state index is 0.169. The highest BCUT2D eigenvalue weighted by Gasteiger charge is 2.11. The van der Waals surface area contributed by atoms with Crippen molar-refractivity contribution in [2.24, 2.45) is 0 Å². The highest BCUT2D eigenvalue weighted by molar-refractivity contribution is 5.90. The van der Waals surface area contributed by atoms with Crippen LogP contribution in [0.3, 0.4) is 0 Å². The average Bonchev–Trinajstić information content (AvgIpc) is 2.65. The number of carbonyl (C=O) groups excluding carboxylic acids is 2. The highest BCUT2D eigenvalue weighted by Crippen LogP contribution is 2.13. The maximum absolute atomic E-state index is 12.1. The predicted octanol–water partition coefficient (Wildman–Crippen LogP) is 2.73. The topological polar surface area (TPSA) is 98.7 Å². The summed E-state index contributed by atoms with van der Waals surface area (Å²) >= 11 is 0. The van der Waals surface area contributed by atoms with Gasteiger partial charge in [0, 0.05) is 32.7 Å². The third kappa shape index (κ3) is 6.14. The fourth-order valence-corrected chi connectivity index (χ4v) is 2.48.